The molecule has 1 aromatic carbocycles. The van der Waals surface area contributed by atoms with Crippen LogP contribution in [0.25, 0.3) is 0 Å². The van der Waals surface area contributed by atoms with E-state index in [1.165, 1.54) is 0 Å². The molecule has 0 bridgehead atoms. The molecule has 0 aromatic heterocycles. The number of benzene rings is 1. The monoisotopic (exact) mass is 281 g/mol. The fraction of sp³-hybridized carbons (Fsp3) is 0.625. The second-order valence-electron chi connectivity index (χ2n) is 5.43. The molecular formula is C16H27NO3. The molecule has 4 nitrogen and oxygen atoms in total. The zero-order chi connectivity index (χ0) is 15.1. The van der Waals surface area contributed by atoms with E-state index in [1.54, 1.807) is 14.2 Å². The highest BCUT2D eigenvalue weighted by molar-refractivity contribution is 5.38. The normalized spacial score (nSPS) is 14.3. The van der Waals surface area contributed by atoms with Crippen LogP contribution < -0.4 is 10.1 Å². The Morgan fingerprint density at radius 1 is 1.20 bits per heavy atom. The Morgan fingerprint density at radius 3 is 2.40 bits per heavy atom. The molecule has 0 saturated heterocycles. The van der Waals surface area contributed by atoms with Crippen LogP contribution in [0.5, 0.6) is 5.75 Å². The molecule has 1 unspecified atom stereocenters. The summed E-state index contributed by atoms with van der Waals surface area (Å²) in [5.74, 6) is 1.23. The fourth-order valence-corrected chi connectivity index (χ4v) is 2.21. The molecule has 1 rings (SSSR count). The summed E-state index contributed by atoms with van der Waals surface area (Å²) in [4.78, 5) is 0. The first kappa shape index (κ1) is 17.0. The van der Waals surface area contributed by atoms with Gasteiger partial charge in [-0.05, 0) is 30.5 Å². The Hall–Kier alpha value is -1.10. The first-order valence-corrected chi connectivity index (χ1v) is 7.06. The van der Waals surface area contributed by atoms with Gasteiger partial charge in [0.1, 0.15) is 5.75 Å². The van der Waals surface area contributed by atoms with Crippen molar-refractivity contribution in [3.05, 3.63) is 29.3 Å². The lowest BCUT2D eigenvalue weighted by Gasteiger charge is -2.25. The summed E-state index contributed by atoms with van der Waals surface area (Å²) >= 11 is 0. The van der Waals surface area contributed by atoms with Crippen molar-refractivity contribution in [3.8, 4) is 5.75 Å². The van der Waals surface area contributed by atoms with Crippen molar-refractivity contribution in [2.24, 2.45) is 5.92 Å². The largest absolute Gasteiger partial charge is 0.496 e. The molecule has 0 amide bonds. The third kappa shape index (κ3) is 4.47. The second kappa shape index (κ2) is 8.25. The van der Waals surface area contributed by atoms with Gasteiger partial charge in [-0.25, -0.2) is 0 Å². The van der Waals surface area contributed by atoms with Crippen molar-refractivity contribution >= 4 is 0 Å². The van der Waals surface area contributed by atoms with Crippen molar-refractivity contribution in [2.45, 2.75) is 39.5 Å². The maximum Gasteiger partial charge on any atom is 0.124 e. The van der Waals surface area contributed by atoms with Gasteiger partial charge in [-0.15, -0.1) is 0 Å². The lowest BCUT2D eigenvalue weighted by Crippen LogP contribution is -2.38. The first-order valence-electron chi connectivity index (χ1n) is 7.06. The zero-order valence-electron chi connectivity index (χ0n) is 13.1. The van der Waals surface area contributed by atoms with Crippen LogP contribution in [0.3, 0.4) is 0 Å². The van der Waals surface area contributed by atoms with Gasteiger partial charge in [0, 0.05) is 24.8 Å². The first-order chi connectivity index (χ1) is 9.53. The maximum atomic E-state index is 9.41. The number of aliphatic hydroxyl groups excluding tert-OH is 1. The number of ether oxygens (including phenoxy) is 2. The summed E-state index contributed by atoms with van der Waals surface area (Å²) in [6, 6.07) is 6.36. The zero-order valence-corrected chi connectivity index (χ0v) is 13.1. The van der Waals surface area contributed by atoms with Crippen LogP contribution in [0.4, 0.5) is 0 Å². The topological polar surface area (TPSA) is 50.7 Å². The minimum atomic E-state index is 0.0953. The second-order valence-corrected chi connectivity index (χ2v) is 5.43. The van der Waals surface area contributed by atoms with Gasteiger partial charge in [-0.3, -0.25) is 0 Å². The molecule has 0 heterocycles. The average Bonchev–Trinajstić information content (AvgIpc) is 2.44. The molecule has 2 atom stereocenters. The molecule has 0 saturated carbocycles. The number of rotatable bonds is 8. The number of hydrogen-bond donors (Lipinski definition) is 2. The molecule has 0 aliphatic rings. The molecular weight excluding hydrogens is 254 g/mol. The fourth-order valence-electron chi connectivity index (χ4n) is 2.21. The summed E-state index contributed by atoms with van der Waals surface area (Å²) in [6.45, 7) is 6.97. The van der Waals surface area contributed by atoms with E-state index in [2.05, 4.69) is 32.2 Å². The Morgan fingerprint density at radius 2 is 1.90 bits per heavy atom. The number of aliphatic hydroxyl groups is 1. The Kier molecular flexibility index (Phi) is 6.99. The Balaban J connectivity index is 2.87. The third-order valence-corrected chi connectivity index (χ3v) is 3.57. The SMILES string of the molecule is COCc1cc(C(C)N[C@H](CO)C(C)C)ccc1OC. The summed E-state index contributed by atoms with van der Waals surface area (Å²) in [6.07, 6.45) is 0. The van der Waals surface area contributed by atoms with Crippen LogP contribution in [0.2, 0.25) is 0 Å². The van der Waals surface area contributed by atoms with Gasteiger partial charge in [0.05, 0.1) is 20.3 Å². The summed E-state index contributed by atoms with van der Waals surface area (Å²) in [5.41, 5.74) is 2.20. The lowest BCUT2D eigenvalue weighted by molar-refractivity contribution is 0.181. The van der Waals surface area contributed by atoms with Gasteiger partial charge in [0.25, 0.3) is 0 Å². The molecule has 20 heavy (non-hydrogen) atoms. The van der Waals surface area contributed by atoms with Gasteiger partial charge in [-0.2, -0.15) is 0 Å². The van der Waals surface area contributed by atoms with E-state index in [0.29, 0.717) is 12.5 Å². The van der Waals surface area contributed by atoms with Crippen LogP contribution in [-0.4, -0.2) is 32.0 Å². The van der Waals surface area contributed by atoms with Crippen molar-refractivity contribution in [1.29, 1.82) is 0 Å². The van der Waals surface area contributed by atoms with Crippen molar-refractivity contribution < 1.29 is 14.6 Å². The van der Waals surface area contributed by atoms with Crippen molar-refractivity contribution in [3.63, 3.8) is 0 Å². The van der Waals surface area contributed by atoms with Crippen LogP contribution in [0.15, 0.2) is 18.2 Å². The Bertz CT molecular complexity index is 407. The maximum absolute atomic E-state index is 9.41. The van der Waals surface area contributed by atoms with Crippen LogP contribution in [0, 0.1) is 5.92 Å². The van der Waals surface area contributed by atoms with E-state index in [0.717, 1.165) is 16.9 Å². The molecule has 1 aromatic rings. The van der Waals surface area contributed by atoms with Crippen LogP contribution >= 0.6 is 0 Å². The van der Waals surface area contributed by atoms with E-state index < -0.39 is 0 Å². The van der Waals surface area contributed by atoms with E-state index in [4.69, 9.17) is 9.47 Å². The highest BCUT2D eigenvalue weighted by atomic mass is 16.5. The predicted octanol–water partition coefficient (Wildman–Crippen LogP) is 2.51. The summed E-state index contributed by atoms with van der Waals surface area (Å²) < 4.78 is 10.5. The van der Waals surface area contributed by atoms with E-state index in [-0.39, 0.29) is 18.7 Å². The van der Waals surface area contributed by atoms with Crippen molar-refractivity contribution in [2.75, 3.05) is 20.8 Å². The van der Waals surface area contributed by atoms with Crippen molar-refractivity contribution in [1.82, 2.24) is 5.32 Å². The van der Waals surface area contributed by atoms with Gasteiger partial charge in [-0.1, -0.05) is 19.9 Å². The van der Waals surface area contributed by atoms with Gasteiger partial charge in [0.2, 0.25) is 0 Å². The number of methoxy groups -OCH3 is 2. The quantitative estimate of drug-likeness (QED) is 0.769. The van der Waals surface area contributed by atoms with Crippen LogP contribution in [0.1, 0.15) is 37.9 Å². The number of nitrogens with one attached hydrogen (secondary N) is 1. The van der Waals surface area contributed by atoms with Crippen LogP contribution in [-0.2, 0) is 11.3 Å². The van der Waals surface area contributed by atoms with E-state index >= 15 is 0 Å². The Labute approximate surface area is 122 Å². The summed E-state index contributed by atoms with van der Waals surface area (Å²) in [5, 5.41) is 12.9. The van der Waals surface area contributed by atoms with E-state index in [9.17, 15) is 5.11 Å². The number of hydrogen-bond acceptors (Lipinski definition) is 4. The van der Waals surface area contributed by atoms with Gasteiger partial charge in [0.15, 0.2) is 0 Å². The smallest absolute Gasteiger partial charge is 0.124 e. The molecule has 0 spiro atoms. The molecule has 0 fully saturated rings. The highest BCUT2D eigenvalue weighted by Gasteiger charge is 2.16. The minimum Gasteiger partial charge on any atom is -0.496 e. The third-order valence-electron chi connectivity index (χ3n) is 3.57. The van der Waals surface area contributed by atoms with Gasteiger partial charge >= 0.3 is 0 Å². The summed E-state index contributed by atoms with van der Waals surface area (Å²) in [7, 11) is 3.34. The average molecular weight is 281 g/mol. The molecule has 0 radical (unpaired) electrons. The standard InChI is InChI=1S/C16H27NO3/c1-11(2)15(9-18)17-12(3)13-6-7-16(20-5)14(8-13)10-19-4/h6-8,11-12,15,17-18H,9-10H2,1-5H3/t12?,15-/m1/s1. The molecule has 4 heteroatoms. The highest BCUT2D eigenvalue weighted by Crippen LogP contribution is 2.24. The molecule has 114 valence electrons. The predicted molar refractivity (Wildman–Crippen MR) is 81.0 cm³/mol. The molecule has 2 N–H and O–H groups in total. The molecule has 0 aliphatic heterocycles. The van der Waals surface area contributed by atoms with Gasteiger partial charge < -0.3 is 19.9 Å². The minimum absolute atomic E-state index is 0.0953. The lowest BCUT2D eigenvalue weighted by atomic mass is 10.0. The molecule has 0 aliphatic carbocycles. The van der Waals surface area contributed by atoms with E-state index in [1.807, 2.05) is 12.1 Å².